The molecule has 0 aliphatic carbocycles. The van der Waals surface area contributed by atoms with Crippen molar-refractivity contribution in [1.82, 2.24) is 0 Å². The Morgan fingerprint density at radius 1 is 1.57 bits per heavy atom. The van der Waals surface area contributed by atoms with Crippen molar-refractivity contribution in [3.8, 4) is 11.5 Å². The molecule has 14 heavy (non-hydrogen) atoms. The number of hydrogen-bond donors (Lipinski definition) is 2. The first-order valence-corrected chi connectivity index (χ1v) is 4.35. The third kappa shape index (κ3) is 1.88. The monoisotopic (exact) mass is 193 g/mol. The first kappa shape index (κ1) is 10.6. The van der Waals surface area contributed by atoms with Gasteiger partial charge in [0.15, 0.2) is 0 Å². The van der Waals surface area contributed by atoms with Crippen LogP contribution >= 0.6 is 0 Å². The fourth-order valence-corrected chi connectivity index (χ4v) is 1.27. The molecule has 3 nitrogen and oxygen atoms in total. The van der Waals surface area contributed by atoms with Gasteiger partial charge in [0.2, 0.25) is 0 Å². The summed E-state index contributed by atoms with van der Waals surface area (Å²) in [5.74, 6) is 0.894. The second kappa shape index (κ2) is 4.15. The Bertz CT molecular complexity index is 347. The molecule has 76 valence electrons. The first-order chi connectivity index (χ1) is 6.60. The molecule has 1 atom stereocenters. The maximum absolute atomic E-state index is 9.74. The number of benzene rings is 1. The van der Waals surface area contributed by atoms with Crippen molar-refractivity contribution in [2.75, 3.05) is 7.11 Å². The lowest BCUT2D eigenvalue weighted by molar-refractivity contribution is 0.409. The second-order valence-electron chi connectivity index (χ2n) is 3.14. The zero-order chi connectivity index (χ0) is 10.7. The zero-order valence-electron chi connectivity index (χ0n) is 8.45. The van der Waals surface area contributed by atoms with E-state index in [1.54, 1.807) is 32.2 Å². The molecule has 0 saturated carbocycles. The van der Waals surface area contributed by atoms with Crippen LogP contribution in [0.2, 0.25) is 0 Å². The summed E-state index contributed by atoms with van der Waals surface area (Å²) in [6, 6.07) is 3.10. The number of nitrogens with two attached hydrogens (primary N) is 1. The highest BCUT2D eigenvalue weighted by Gasteiger charge is 2.11. The van der Waals surface area contributed by atoms with Crippen LogP contribution in [0, 0.1) is 6.92 Å². The zero-order valence-corrected chi connectivity index (χ0v) is 8.45. The minimum atomic E-state index is -0.371. The van der Waals surface area contributed by atoms with Crippen LogP contribution in [0.4, 0.5) is 0 Å². The Hall–Kier alpha value is -1.48. The number of phenolic OH excluding ortho intramolecular Hbond substituents is 1. The van der Waals surface area contributed by atoms with Gasteiger partial charge in [0.25, 0.3) is 0 Å². The summed E-state index contributed by atoms with van der Waals surface area (Å²) in [6.45, 7) is 5.39. The molecule has 0 saturated heterocycles. The van der Waals surface area contributed by atoms with E-state index >= 15 is 0 Å². The quantitative estimate of drug-likeness (QED) is 0.721. The van der Waals surface area contributed by atoms with Crippen molar-refractivity contribution in [2.24, 2.45) is 5.73 Å². The van der Waals surface area contributed by atoms with E-state index in [2.05, 4.69) is 6.58 Å². The molecule has 1 aromatic rings. The molecule has 0 radical (unpaired) electrons. The fraction of sp³-hybridized carbons (Fsp3) is 0.273. The number of methoxy groups -OCH3 is 1. The maximum Gasteiger partial charge on any atom is 0.123 e. The third-order valence-corrected chi connectivity index (χ3v) is 2.15. The van der Waals surface area contributed by atoms with Crippen LogP contribution in [0.3, 0.4) is 0 Å². The van der Waals surface area contributed by atoms with Crippen LogP contribution in [0.1, 0.15) is 17.2 Å². The van der Waals surface area contributed by atoms with Gasteiger partial charge in [-0.1, -0.05) is 6.08 Å². The summed E-state index contributed by atoms with van der Waals surface area (Å²) in [5.41, 5.74) is 7.14. The predicted molar refractivity (Wildman–Crippen MR) is 56.5 cm³/mol. The van der Waals surface area contributed by atoms with Crippen LogP contribution in [-0.2, 0) is 0 Å². The summed E-state index contributed by atoms with van der Waals surface area (Å²) >= 11 is 0. The number of rotatable bonds is 3. The maximum atomic E-state index is 9.74. The molecule has 3 N–H and O–H groups in total. The molecular formula is C11H15NO2. The minimum absolute atomic E-state index is 0.207. The molecule has 0 spiro atoms. The highest BCUT2D eigenvalue weighted by molar-refractivity contribution is 5.48. The standard InChI is InChI=1S/C11H15NO2/c1-4-10(12)9-6-8(14-3)5-7(2)11(9)13/h4-6,10,13H,1,12H2,2-3H3/t10-/m1/s1. The largest absolute Gasteiger partial charge is 0.507 e. The van der Waals surface area contributed by atoms with E-state index in [0.717, 1.165) is 5.56 Å². The first-order valence-electron chi connectivity index (χ1n) is 4.35. The van der Waals surface area contributed by atoms with Gasteiger partial charge in [0, 0.05) is 5.56 Å². The molecule has 0 amide bonds. The van der Waals surface area contributed by atoms with Gasteiger partial charge in [-0.2, -0.15) is 0 Å². The summed E-state index contributed by atoms with van der Waals surface area (Å²) in [5, 5.41) is 9.74. The van der Waals surface area contributed by atoms with E-state index in [-0.39, 0.29) is 11.8 Å². The Kier molecular flexibility index (Phi) is 3.14. The second-order valence-corrected chi connectivity index (χ2v) is 3.14. The van der Waals surface area contributed by atoms with Crippen LogP contribution in [0.15, 0.2) is 24.8 Å². The number of hydrogen-bond acceptors (Lipinski definition) is 3. The van der Waals surface area contributed by atoms with E-state index in [4.69, 9.17) is 10.5 Å². The number of phenols is 1. The molecule has 0 fully saturated rings. The van der Waals surface area contributed by atoms with Gasteiger partial charge in [-0.05, 0) is 24.6 Å². The summed E-state index contributed by atoms with van der Waals surface area (Å²) in [4.78, 5) is 0. The smallest absolute Gasteiger partial charge is 0.123 e. The summed E-state index contributed by atoms with van der Waals surface area (Å²) in [6.07, 6.45) is 1.58. The molecule has 0 aliphatic heterocycles. The Balaban J connectivity index is 3.26. The van der Waals surface area contributed by atoms with Crippen molar-refractivity contribution in [1.29, 1.82) is 0 Å². The Morgan fingerprint density at radius 3 is 2.71 bits per heavy atom. The SMILES string of the molecule is C=C[C@@H](N)c1cc(OC)cc(C)c1O. The van der Waals surface area contributed by atoms with E-state index in [1.165, 1.54) is 0 Å². The van der Waals surface area contributed by atoms with Crippen LogP contribution in [-0.4, -0.2) is 12.2 Å². The Labute approximate surface area is 83.8 Å². The summed E-state index contributed by atoms with van der Waals surface area (Å²) in [7, 11) is 1.58. The van der Waals surface area contributed by atoms with E-state index in [9.17, 15) is 5.11 Å². The number of aryl methyl sites for hydroxylation is 1. The molecule has 1 aromatic carbocycles. The highest BCUT2D eigenvalue weighted by Crippen LogP contribution is 2.31. The Morgan fingerprint density at radius 2 is 2.21 bits per heavy atom. The minimum Gasteiger partial charge on any atom is -0.507 e. The van der Waals surface area contributed by atoms with Gasteiger partial charge in [-0.15, -0.1) is 6.58 Å². The van der Waals surface area contributed by atoms with Crippen molar-refractivity contribution in [3.63, 3.8) is 0 Å². The molecule has 0 aliphatic rings. The van der Waals surface area contributed by atoms with Gasteiger partial charge in [-0.3, -0.25) is 0 Å². The lowest BCUT2D eigenvalue weighted by Crippen LogP contribution is -2.07. The van der Waals surface area contributed by atoms with Crippen molar-refractivity contribution in [3.05, 3.63) is 35.9 Å². The molecule has 0 heterocycles. The lowest BCUT2D eigenvalue weighted by Gasteiger charge is -2.13. The normalized spacial score (nSPS) is 12.2. The van der Waals surface area contributed by atoms with Crippen molar-refractivity contribution >= 4 is 0 Å². The third-order valence-electron chi connectivity index (χ3n) is 2.15. The van der Waals surface area contributed by atoms with Gasteiger partial charge < -0.3 is 15.6 Å². The molecule has 3 heteroatoms. The molecule has 1 rings (SSSR count). The van der Waals surface area contributed by atoms with Gasteiger partial charge in [0.05, 0.1) is 13.2 Å². The van der Waals surface area contributed by atoms with Crippen LogP contribution in [0.5, 0.6) is 11.5 Å². The van der Waals surface area contributed by atoms with Crippen molar-refractivity contribution < 1.29 is 9.84 Å². The highest BCUT2D eigenvalue weighted by atomic mass is 16.5. The number of ether oxygens (including phenoxy) is 1. The fourth-order valence-electron chi connectivity index (χ4n) is 1.27. The molecule has 0 unspecified atom stereocenters. The topological polar surface area (TPSA) is 55.5 Å². The summed E-state index contributed by atoms with van der Waals surface area (Å²) < 4.78 is 5.08. The predicted octanol–water partition coefficient (Wildman–Crippen LogP) is 1.90. The van der Waals surface area contributed by atoms with Crippen LogP contribution < -0.4 is 10.5 Å². The van der Waals surface area contributed by atoms with E-state index < -0.39 is 0 Å². The average molecular weight is 193 g/mol. The van der Waals surface area contributed by atoms with E-state index in [0.29, 0.717) is 11.3 Å². The average Bonchev–Trinajstić information content (AvgIpc) is 2.20. The molecule has 0 aromatic heterocycles. The van der Waals surface area contributed by atoms with Crippen LogP contribution in [0.25, 0.3) is 0 Å². The van der Waals surface area contributed by atoms with E-state index in [1.807, 2.05) is 0 Å². The van der Waals surface area contributed by atoms with Crippen molar-refractivity contribution in [2.45, 2.75) is 13.0 Å². The molecule has 0 bridgehead atoms. The van der Waals surface area contributed by atoms with Gasteiger partial charge in [-0.25, -0.2) is 0 Å². The molecular weight excluding hydrogens is 178 g/mol. The lowest BCUT2D eigenvalue weighted by atomic mass is 10.0. The number of aromatic hydroxyl groups is 1. The van der Waals surface area contributed by atoms with Gasteiger partial charge in [0.1, 0.15) is 11.5 Å². The van der Waals surface area contributed by atoms with Gasteiger partial charge >= 0.3 is 0 Å².